The Labute approximate surface area is 127 Å². The van der Waals surface area contributed by atoms with Gasteiger partial charge in [0, 0.05) is 18.0 Å². The first-order valence-corrected chi connectivity index (χ1v) is 6.97. The summed E-state index contributed by atoms with van der Waals surface area (Å²) >= 11 is 6.01. The number of imide groups is 1. The number of nitrogens with one attached hydrogen (secondary N) is 3. The standard InChI is InChI=1S/C14H16ClN3O3/c1-8-9(3-2-4-10(8)15)7-16-12(19)6-5-11-13(20)18-14(21)17-11/h2-4,11H,5-7H2,1H3,(H,16,19)(H2,17,18,20,21). The van der Waals surface area contributed by atoms with E-state index in [0.717, 1.165) is 11.1 Å². The smallest absolute Gasteiger partial charge is 0.322 e. The van der Waals surface area contributed by atoms with Crippen LogP contribution in [0.3, 0.4) is 0 Å². The molecule has 1 aromatic rings. The molecule has 6 nitrogen and oxygen atoms in total. The van der Waals surface area contributed by atoms with Gasteiger partial charge in [0.15, 0.2) is 0 Å². The number of rotatable bonds is 5. The van der Waals surface area contributed by atoms with Crippen molar-refractivity contribution in [2.45, 2.75) is 32.4 Å². The maximum Gasteiger partial charge on any atom is 0.322 e. The van der Waals surface area contributed by atoms with Crippen LogP contribution in [0.2, 0.25) is 5.02 Å². The third-order valence-electron chi connectivity index (χ3n) is 3.37. The van der Waals surface area contributed by atoms with Crippen molar-refractivity contribution in [2.24, 2.45) is 0 Å². The van der Waals surface area contributed by atoms with E-state index in [-0.39, 0.29) is 18.7 Å². The van der Waals surface area contributed by atoms with Crippen molar-refractivity contribution in [2.75, 3.05) is 0 Å². The molecule has 0 aliphatic carbocycles. The Balaban J connectivity index is 1.79. The Morgan fingerprint density at radius 3 is 2.81 bits per heavy atom. The highest BCUT2D eigenvalue weighted by Crippen LogP contribution is 2.18. The number of hydrogen-bond donors (Lipinski definition) is 3. The molecule has 1 aliphatic rings. The fraction of sp³-hybridized carbons (Fsp3) is 0.357. The van der Waals surface area contributed by atoms with Crippen LogP contribution in [-0.4, -0.2) is 23.9 Å². The van der Waals surface area contributed by atoms with Crippen LogP contribution in [0.5, 0.6) is 0 Å². The van der Waals surface area contributed by atoms with Gasteiger partial charge in [-0.25, -0.2) is 4.79 Å². The summed E-state index contributed by atoms with van der Waals surface area (Å²) in [5, 5.41) is 8.01. The summed E-state index contributed by atoms with van der Waals surface area (Å²) in [5.41, 5.74) is 1.88. The van der Waals surface area contributed by atoms with Crippen LogP contribution in [0.4, 0.5) is 4.79 Å². The molecular formula is C14H16ClN3O3. The first-order chi connectivity index (χ1) is 9.97. The summed E-state index contributed by atoms with van der Waals surface area (Å²) < 4.78 is 0. The highest BCUT2D eigenvalue weighted by molar-refractivity contribution is 6.31. The van der Waals surface area contributed by atoms with E-state index >= 15 is 0 Å². The minimum absolute atomic E-state index is 0.165. The molecule has 1 heterocycles. The number of urea groups is 1. The summed E-state index contributed by atoms with van der Waals surface area (Å²) in [6.07, 6.45) is 0.440. The highest BCUT2D eigenvalue weighted by Gasteiger charge is 2.29. The fourth-order valence-corrected chi connectivity index (χ4v) is 2.26. The average Bonchev–Trinajstić information content (AvgIpc) is 2.76. The topological polar surface area (TPSA) is 87.3 Å². The molecule has 0 radical (unpaired) electrons. The lowest BCUT2D eigenvalue weighted by Crippen LogP contribution is -2.31. The summed E-state index contributed by atoms with van der Waals surface area (Å²) in [5.74, 6) is -0.568. The lowest BCUT2D eigenvalue weighted by atomic mass is 10.1. The van der Waals surface area contributed by atoms with Gasteiger partial charge in [-0.2, -0.15) is 0 Å². The van der Waals surface area contributed by atoms with Gasteiger partial charge in [-0.05, 0) is 30.5 Å². The average molecular weight is 310 g/mol. The van der Waals surface area contributed by atoms with Crippen molar-refractivity contribution in [1.29, 1.82) is 0 Å². The van der Waals surface area contributed by atoms with Gasteiger partial charge in [0.1, 0.15) is 6.04 Å². The molecule has 1 atom stereocenters. The molecule has 0 aromatic heterocycles. The third kappa shape index (κ3) is 3.95. The number of amides is 4. The molecule has 7 heteroatoms. The zero-order valence-corrected chi connectivity index (χ0v) is 12.3. The summed E-state index contributed by atoms with van der Waals surface area (Å²) in [6.45, 7) is 2.27. The number of carbonyl (C=O) groups is 3. The Morgan fingerprint density at radius 1 is 1.38 bits per heavy atom. The molecule has 21 heavy (non-hydrogen) atoms. The molecule has 1 aromatic carbocycles. The SMILES string of the molecule is Cc1c(Cl)cccc1CNC(=O)CCC1NC(=O)NC1=O. The van der Waals surface area contributed by atoms with Gasteiger partial charge in [0.2, 0.25) is 5.91 Å². The van der Waals surface area contributed by atoms with Gasteiger partial charge < -0.3 is 10.6 Å². The zero-order valence-electron chi connectivity index (χ0n) is 11.5. The minimum atomic E-state index is -0.629. The highest BCUT2D eigenvalue weighted by atomic mass is 35.5. The number of carbonyl (C=O) groups excluding carboxylic acids is 3. The van der Waals surface area contributed by atoms with Crippen molar-refractivity contribution in [3.05, 3.63) is 34.3 Å². The Bertz CT molecular complexity index is 589. The van der Waals surface area contributed by atoms with Crippen molar-refractivity contribution >= 4 is 29.4 Å². The molecular weight excluding hydrogens is 294 g/mol. The molecule has 1 fully saturated rings. The maximum atomic E-state index is 11.8. The van der Waals surface area contributed by atoms with Crippen molar-refractivity contribution in [3.63, 3.8) is 0 Å². The Kier molecular flexibility index (Phi) is 4.80. The summed E-state index contributed by atoms with van der Waals surface area (Å²) in [6, 6.07) is 4.38. The maximum absolute atomic E-state index is 11.8. The predicted molar refractivity (Wildman–Crippen MR) is 77.7 cm³/mol. The van der Waals surface area contributed by atoms with Crippen LogP contribution in [0, 0.1) is 6.92 Å². The zero-order chi connectivity index (χ0) is 15.4. The Hall–Kier alpha value is -2.08. The van der Waals surface area contributed by atoms with Crippen LogP contribution in [-0.2, 0) is 16.1 Å². The number of benzene rings is 1. The molecule has 0 bridgehead atoms. The van der Waals surface area contributed by atoms with E-state index in [1.54, 1.807) is 6.07 Å². The van der Waals surface area contributed by atoms with Gasteiger partial charge in [0.05, 0.1) is 0 Å². The van der Waals surface area contributed by atoms with E-state index in [9.17, 15) is 14.4 Å². The Morgan fingerprint density at radius 2 is 2.14 bits per heavy atom. The van der Waals surface area contributed by atoms with E-state index in [1.807, 2.05) is 19.1 Å². The monoisotopic (exact) mass is 309 g/mol. The molecule has 0 saturated carbocycles. The predicted octanol–water partition coefficient (Wildman–Crippen LogP) is 1.25. The molecule has 3 N–H and O–H groups in total. The normalized spacial score (nSPS) is 17.3. The van der Waals surface area contributed by atoms with Gasteiger partial charge in [-0.15, -0.1) is 0 Å². The second-order valence-electron chi connectivity index (χ2n) is 4.85. The van der Waals surface area contributed by atoms with E-state index in [2.05, 4.69) is 16.0 Å². The molecule has 0 spiro atoms. The lowest BCUT2D eigenvalue weighted by molar-refractivity contribution is -0.122. The minimum Gasteiger partial charge on any atom is -0.352 e. The molecule has 1 unspecified atom stereocenters. The van der Waals surface area contributed by atoms with E-state index in [1.165, 1.54) is 0 Å². The molecule has 1 aliphatic heterocycles. The first-order valence-electron chi connectivity index (χ1n) is 6.59. The third-order valence-corrected chi connectivity index (χ3v) is 3.78. The van der Waals surface area contributed by atoms with Crippen LogP contribution >= 0.6 is 11.6 Å². The number of hydrogen-bond acceptors (Lipinski definition) is 3. The van der Waals surface area contributed by atoms with Crippen LogP contribution in [0.1, 0.15) is 24.0 Å². The van der Waals surface area contributed by atoms with Crippen LogP contribution < -0.4 is 16.0 Å². The van der Waals surface area contributed by atoms with Crippen molar-refractivity contribution < 1.29 is 14.4 Å². The quantitative estimate of drug-likeness (QED) is 0.715. The van der Waals surface area contributed by atoms with Crippen molar-refractivity contribution in [3.8, 4) is 0 Å². The largest absolute Gasteiger partial charge is 0.352 e. The van der Waals surface area contributed by atoms with E-state index in [0.29, 0.717) is 11.6 Å². The summed E-state index contributed by atoms with van der Waals surface area (Å²) in [4.78, 5) is 34.0. The number of halogens is 1. The van der Waals surface area contributed by atoms with E-state index in [4.69, 9.17) is 11.6 Å². The molecule has 112 valence electrons. The van der Waals surface area contributed by atoms with Gasteiger partial charge in [0.25, 0.3) is 5.91 Å². The van der Waals surface area contributed by atoms with E-state index < -0.39 is 18.0 Å². The molecule has 2 rings (SSSR count). The second kappa shape index (κ2) is 6.58. The van der Waals surface area contributed by atoms with Crippen LogP contribution in [0.25, 0.3) is 0 Å². The molecule has 1 saturated heterocycles. The first kappa shape index (κ1) is 15.3. The fourth-order valence-electron chi connectivity index (χ4n) is 2.06. The lowest BCUT2D eigenvalue weighted by Gasteiger charge is -2.10. The van der Waals surface area contributed by atoms with Gasteiger partial charge in [-0.1, -0.05) is 23.7 Å². The van der Waals surface area contributed by atoms with Gasteiger partial charge >= 0.3 is 6.03 Å². The van der Waals surface area contributed by atoms with Gasteiger partial charge in [-0.3, -0.25) is 14.9 Å². The second-order valence-corrected chi connectivity index (χ2v) is 5.26. The van der Waals surface area contributed by atoms with Crippen molar-refractivity contribution in [1.82, 2.24) is 16.0 Å². The molecule has 4 amide bonds. The summed E-state index contributed by atoms with van der Waals surface area (Å²) in [7, 11) is 0. The van der Waals surface area contributed by atoms with Crippen LogP contribution in [0.15, 0.2) is 18.2 Å².